The highest BCUT2D eigenvalue weighted by Crippen LogP contribution is 2.28. The third-order valence-electron chi connectivity index (χ3n) is 2.73. The highest BCUT2D eigenvalue weighted by molar-refractivity contribution is 7.22. The summed E-state index contributed by atoms with van der Waals surface area (Å²) in [5.41, 5.74) is 0.862. The molecule has 0 bridgehead atoms. The predicted molar refractivity (Wildman–Crippen MR) is 69.6 cm³/mol. The summed E-state index contributed by atoms with van der Waals surface area (Å²) in [6.07, 6.45) is 0. The summed E-state index contributed by atoms with van der Waals surface area (Å²) < 4.78 is 0.986. The van der Waals surface area contributed by atoms with Gasteiger partial charge in [-0.15, -0.1) is 0 Å². The molecule has 1 aromatic heterocycles. The molecule has 1 amide bonds. The maximum absolute atomic E-state index is 11.7. The maximum Gasteiger partial charge on any atom is 0.231 e. The maximum atomic E-state index is 11.7. The number of rotatable bonds is 2. The Morgan fingerprint density at radius 2 is 2.35 bits per heavy atom. The van der Waals surface area contributed by atoms with E-state index >= 15 is 0 Å². The van der Waals surface area contributed by atoms with E-state index in [0.717, 1.165) is 23.3 Å². The van der Waals surface area contributed by atoms with E-state index in [1.165, 1.54) is 11.3 Å². The first-order valence-corrected chi connectivity index (χ1v) is 6.49. The number of thiazole rings is 1. The molecule has 88 valence electrons. The van der Waals surface area contributed by atoms with Gasteiger partial charge in [-0.3, -0.25) is 4.79 Å². The summed E-state index contributed by atoms with van der Waals surface area (Å²) in [5.74, 6) is 0.111. The van der Waals surface area contributed by atoms with Crippen molar-refractivity contribution in [2.75, 3.05) is 18.4 Å². The van der Waals surface area contributed by atoms with Crippen LogP contribution in [-0.2, 0) is 4.79 Å². The number of carbonyl (C=O) groups excluding carboxylic acids is 1. The third-order valence-corrected chi connectivity index (χ3v) is 3.90. The molecule has 1 aliphatic heterocycles. The smallest absolute Gasteiger partial charge is 0.231 e. The lowest BCUT2D eigenvalue weighted by Crippen LogP contribution is -2.48. The standard InChI is InChI=1S/C11H10ClN3OS/c12-7-1-2-8-9(3-7)17-11(14-8)15-10(16)6-4-13-5-6/h1-3,6,13H,4-5H2,(H,14,15,16). The minimum absolute atomic E-state index is 0.0360. The van der Waals surface area contributed by atoms with Crippen LogP contribution in [0.1, 0.15) is 0 Å². The van der Waals surface area contributed by atoms with Crippen molar-refractivity contribution >= 4 is 44.2 Å². The molecule has 1 fully saturated rings. The lowest BCUT2D eigenvalue weighted by Gasteiger charge is -2.25. The van der Waals surface area contributed by atoms with E-state index in [2.05, 4.69) is 15.6 Å². The first kappa shape index (κ1) is 11.0. The van der Waals surface area contributed by atoms with E-state index in [1.54, 1.807) is 6.07 Å². The molecule has 6 heteroatoms. The van der Waals surface area contributed by atoms with Gasteiger partial charge in [0, 0.05) is 18.1 Å². The summed E-state index contributed by atoms with van der Waals surface area (Å²) in [4.78, 5) is 16.1. The second kappa shape index (κ2) is 4.25. The average molecular weight is 268 g/mol. The van der Waals surface area contributed by atoms with Crippen LogP contribution in [0.15, 0.2) is 18.2 Å². The monoisotopic (exact) mass is 267 g/mol. The van der Waals surface area contributed by atoms with Crippen molar-refractivity contribution in [2.24, 2.45) is 5.92 Å². The molecular formula is C11H10ClN3OS. The normalized spacial score (nSPS) is 15.8. The fourth-order valence-electron chi connectivity index (χ4n) is 1.63. The number of amides is 1. The van der Waals surface area contributed by atoms with Gasteiger partial charge in [0.15, 0.2) is 5.13 Å². The number of hydrogen-bond acceptors (Lipinski definition) is 4. The fraction of sp³-hybridized carbons (Fsp3) is 0.273. The number of aromatic nitrogens is 1. The Balaban J connectivity index is 1.83. The molecule has 17 heavy (non-hydrogen) atoms. The van der Waals surface area contributed by atoms with Crippen LogP contribution in [0.2, 0.25) is 5.02 Å². The number of halogens is 1. The number of nitrogens with one attached hydrogen (secondary N) is 2. The zero-order valence-electron chi connectivity index (χ0n) is 8.87. The Kier molecular flexibility index (Phi) is 2.74. The van der Waals surface area contributed by atoms with Crippen molar-refractivity contribution in [1.29, 1.82) is 0 Å². The Morgan fingerprint density at radius 3 is 3.06 bits per heavy atom. The van der Waals surface area contributed by atoms with Crippen LogP contribution in [0, 0.1) is 5.92 Å². The van der Waals surface area contributed by atoms with Crippen LogP contribution in [0.3, 0.4) is 0 Å². The van der Waals surface area contributed by atoms with Crippen LogP contribution in [0.4, 0.5) is 5.13 Å². The highest BCUT2D eigenvalue weighted by Gasteiger charge is 2.25. The minimum Gasteiger partial charge on any atom is -0.315 e. The van der Waals surface area contributed by atoms with Crippen LogP contribution in [0.25, 0.3) is 10.2 Å². The van der Waals surface area contributed by atoms with E-state index in [1.807, 2.05) is 12.1 Å². The second-order valence-corrected chi connectivity index (χ2v) is 5.44. The Morgan fingerprint density at radius 1 is 1.53 bits per heavy atom. The van der Waals surface area contributed by atoms with Gasteiger partial charge in [-0.1, -0.05) is 22.9 Å². The van der Waals surface area contributed by atoms with Gasteiger partial charge in [0.05, 0.1) is 16.1 Å². The lowest BCUT2D eigenvalue weighted by atomic mass is 10.0. The largest absolute Gasteiger partial charge is 0.315 e. The first-order valence-electron chi connectivity index (χ1n) is 5.30. The van der Waals surface area contributed by atoms with Crippen molar-refractivity contribution in [3.05, 3.63) is 23.2 Å². The molecule has 1 aliphatic rings. The third kappa shape index (κ3) is 2.13. The summed E-state index contributed by atoms with van der Waals surface area (Å²) in [6, 6.07) is 5.51. The molecule has 0 radical (unpaired) electrons. The number of anilines is 1. The highest BCUT2D eigenvalue weighted by atomic mass is 35.5. The van der Waals surface area contributed by atoms with E-state index in [4.69, 9.17) is 11.6 Å². The summed E-state index contributed by atoms with van der Waals surface area (Å²) >= 11 is 7.34. The average Bonchev–Trinajstić information content (AvgIpc) is 2.55. The number of nitrogens with zero attached hydrogens (tertiary/aromatic N) is 1. The molecule has 0 aliphatic carbocycles. The Bertz CT molecular complexity index is 579. The topological polar surface area (TPSA) is 54.0 Å². The molecule has 2 N–H and O–H groups in total. The van der Waals surface area contributed by atoms with Crippen LogP contribution < -0.4 is 10.6 Å². The van der Waals surface area contributed by atoms with Gasteiger partial charge in [0.2, 0.25) is 5.91 Å². The lowest BCUT2D eigenvalue weighted by molar-refractivity contribution is -0.121. The quantitative estimate of drug-likeness (QED) is 0.876. The summed E-state index contributed by atoms with van der Waals surface area (Å²) in [7, 11) is 0. The van der Waals surface area contributed by atoms with Gasteiger partial charge in [0.25, 0.3) is 0 Å². The minimum atomic E-state index is 0.0360. The summed E-state index contributed by atoms with van der Waals surface area (Å²) in [5, 5.41) is 7.23. The van der Waals surface area contributed by atoms with E-state index in [0.29, 0.717) is 10.2 Å². The van der Waals surface area contributed by atoms with Crippen LogP contribution in [0.5, 0.6) is 0 Å². The molecule has 0 unspecified atom stereocenters. The molecule has 0 saturated carbocycles. The Labute approximate surface area is 107 Å². The van der Waals surface area contributed by atoms with Crippen molar-refractivity contribution in [3.63, 3.8) is 0 Å². The number of fused-ring (bicyclic) bond motifs is 1. The molecule has 0 atom stereocenters. The fourth-order valence-corrected chi connectivity index (χ4v) is 2.78. The van der Waals surface area contributed by atoms with E-state index in [-0.39, 0.29) is 11.8 Å². The molecule has 0 spiro atoms. The van der Waals surface area contributed by atoms with Crippen LogP contribution in [-0.4, -0.2) is 24.0 Å². The SMILES string of the molecule is O=C(Nc1nc2ccc(Cl)cc2s1)C1CNC1. The van der Waals surface area contributed by atoms with Crippen molar-refractivity contribution < 1.29 is 4.79 Å². The van der Waals surface area contributed by atoms with Gasteiger partial charge in [-0.2, -0.15) is 0 Å². The van der Waals surface area contributed by atoms with Crippen molar-refractivity contribution in [3.8, 4) is 0 Å². The molecule has 1 saturated heterocycles. The van der Waals surface area contributed by atoms with Crippen molar-refractivity contribution in [2.45, 2.75) is 0 Å². The number of carbonyl (C=O) groups is 1. The first-order chi connectivity index (χ1) is 8.22. The van der Waals surface area contributed by atoms with Gasteiger partial charge in [0.1, 0.15) is 0 Å². The number of benzene rings is 1. The Hall–Kier alpha value is -1.17. The van der Waals surface area contributed by atoms with Crippen LogP contribution >= 0.6 is 22.9 Å². The van der Waals surface area contributed by atoms with Gasteiger partial charge in [-0.05, 0) is 18.2 Å². The second-order valence-electron chi connectivity index (χ2n) is 3.98. The molecule has 3 rings (SSSR count). The zero-order chi connectivity index (χ0) is 11.8. The van der Waals surface area contributed by atoms with Gasteiger partial charge >= 0.3 is 0 Å². The van der Waals surface area contributed by atoms with E-state index in [9.17, 15) is 4.79 Å². The molecule has 4 nitrogen and oxygen atoms in total. The van der Waals surface area contributed by atoms with Gasteiger partial charge < -0.3 is 10.6 Å². The zero-order valence-corrected chi connectivity index (χ0v) is 10.4. The summed E-state index contributed by atoms with van der Waals surface area (Å²) in [6.45, 7) is 1.51. The molecule has 1 aromatic carbocycles. The molecule has 2 aromatic rings. The number of hydrogen-bond donors (Lipinski definition) is 2. The molecule has 2 heterocycles. The predicted octanol–water partition coefficient (Wildman–Crippen LogP) is 2.11. The van der Waals surface area contributed by atoms with E-state index < -0.39 is 0 Å². The van der Waals surface area contributed by atoms with Gasteiger partial charge in [-0.25, -0.2) is 4.98 Å². The molecular weight excluding hydrogens is 258 g/mol. The van der Waals surface area contributed by atoms with Crippen molar-refractivity contribution in [1.82, 2.24) is 10.3 Å².